The van der Waals surface area contributed by atoms with E-state index in [-0.39, 0.29) is 17.3 Å². The number of carbonyl (C=O) groups excluding carboxylic acids is 2. The van der Waals surface area contributed by atoms with Crippen molar-refractivity contribution in [2.45, 2.75) is 58.0 Å². The van der Waals surface area contributed by atoms with Crippen LogP contribution in [0.3, 0.4) is 0 Å². The first kappa shape index (κ1) is 18.0. The minimum Gasteiger partial charge on any atom is -0.453 e. The lowest BCUT2D eigenvalue weighted by Gasteiger charge is -2.56. The third-order valence-electron chi connectivity index (χ3n) is 6.62. The number of nitrogens with one attached hydrogen (secondary N) is 1. The van der Waals surface area contributed by atoms with Crippen molar-refractivity contribution in [1.29, 1.82) is 5.26 Å². The Morgan fingerprint density at radius 1 is 1.22 bits per heavy atom. The number of amides is 1. The van der Waals surface area contributed by atoms with Crippen LogP contribution in [0.25, 0.3) is 0 Å². The largest absolute Gasteiger partial charge is 0.453 e. The van der Waals surface area contributed by atoms with E-state index in [9.17, 15) is 9.59 Å². The molecule has 4 fully saturated rings. The van der Waals surface area contributed by atoms with E-state index in [2.05, 4.69) is 5.32 Å². The van der Waals surface area contributed by atoms with Crippen LogP contribution in [0, 0.1) is 34.5 Å². The molecule has 1 amide bonds. The minimum absolute atomic E-state index is 0.114. The highest BCUT2D eigenvalue weighted by Gasteiger charge is 2.51. The molecular weight excluding hydrogens is 340 g/mol. The summed E-state index contributed by atoms with van der Waals surface area (Å²) in [5.41, 5.74) is 1.12. The van der Waals surface area contributed by atoms with E-state index in [1.165, 1.54) is 19.3 Å². The fourth-order valence-corrected chi connectivity index (χ4v) is 6.02. The van der Waals surface area contributed by atoms with Gasteiger partial charge in [-0.3, -0.25) is 9.59 Å². The molecule has 1 N–H and O–H groups in total. The number of hydrogen-bond donors (Lipinski definition) is 1. The van der Waals surface area contributed by atoms with E-state index in [0.717, 1.165) is 37.0 Å². The van der Waals surface area contributed by atoms with Crippen LogP contribution >= 0.6 is 0 Å². The van der Waals surface area contributed by atoms with Crippen molar-refractivity contribution >= 4 is 17.6 Å². The molecule has 5 rings (SSSR count). The van der Waals surface area contributed by atoms with Gasteiger partial charge in [-0.15, -0.1) is 0 Å². The molecule has 4 aliphatic carbocycles. The lowest BCUT2D eigenvalue weighted by atomic mass is 9.49. The van der Waals surface area contributed by atoms with Gasteiger partial charge in [0.15, 0.2) is 6.10 Å². The van der Waals surface area contributed by atoms with Gasteiger partial charge in [0, 0.05) is 5.69 Å². The Labute approximate surface area is 160 Å². The minimum atomic E-state index is -0.850. The van der Waals surface area contributed by atoms with Gasteiger partial charge in [0.25, 0.3) is 5.91 Å². The van der Waals surface area contributed by atoms with Gasteiger partial charge in [0.05, 0.1) is 18.1 Å². The van der Waals surface area contributed by atoms with Crippen molar-refractivity contribution in [2.75, 3.05) is 5.32 Å². The summed E-state index contributed by atoms with van der Waals surface area (Å²) in [5.74, 6) is 1.74. The maximum atomic E-state index is 12.6. The molecule has 142 valence electrons. The molecule has 27 heavy (non-hydrogen) atoms. The molecule has 0 aliphatic heterocycles. The molecule has 0 saturated heterocycles. The maximum Gasteiger partial charge on any atom is 0.307 e. The molecule has 5 nitrogen and oxygen atoms in total. The highest BCUT2D eigenvalue weighted by atomic mass is 16.5. The Morgan fingerprint density at radius 2 is 1.85 bits per heavy atom. The van der Waals surface area contributed by atoms with Gasteiger partial charge < -0.3 is 10.1 Å². The van der Waals surface area contributed by atoms with Gasteiger partial charge >= 0.3 is 5.97 Å². The number of benzene rings is 1. The molecule has 1 aromatic carbocycles. The average Bonchev–Trinajstić information content (AvgIpc) is 2.60. The molecule has 0 spiro atoms. The zero-order valence-corrected chi connectivity index (χ0v) is 15.7. The summed E-state index contributed by atoms with van der Waals surface area (Å²) in [6.07, 6.45) is 7.06. The van der Waals surface area contributed by atoms with Crippen molar-refractivity contribution in [3.63, 3.8) is 0 Å². The Balaban J connectivity index is 1.32. The van der Waals surface area contributed by atoms with Crippen molar-refractivity contribution in [3.8, 4) is 6.07 Å². The lowest BCUT2D eigenvalue weighted by molar-refractivity contribution is -0.160. The first-order valence-corrected chi connectivity index (χ1v) is 9.95. The molecule has 0 unspecified atom stereocenters. The average molecular weight is 366 g/mol. The van der Waals surface area contributed by atoms with Gasteiger partial charge in [-0.2, -0.15) is 5.26 Å². The first-order chi connectivity index (χ1) is 12.9. The van der Waals surface area contributed by atoms with Gasteiger partial charge in [-0.05, 0) is 86.8 Å². The summed E-state index contributed by atoms with van der Waals surface area (Å²) in [6.45, 7) is 1.60. The van der Waals surface area contributed by atoms with Gasteiger partial charge in [0.1, 0.15) is 0 Å². The fraction of sp³-hybridized carbons (Fsp3) is 0.591. The molecular formula is C22H26N2O3. The molecule has 4 saturated carbocycles. The predicted octanol–water partition coefficient (Wildman–Crippen LogP) is 4.03. The molecule has 1 atom stereocenters. The Morgan fingerprint density at radius 3 is 2.44 bits per heavy atom. The number of carbonyl (C=O) groups is 2. The molecule has 0 radical (unpaired) electrons. The van der Waals surface area contributed by atoms with Crippen molar-refractivity contribution < 1.29 is 14.3 Å². The smallest absolute Gasteiger partial charge is 0.307 e. The van der Waals surface area contributed by atoms with Crippen LogP contribution in [0.5, 0.6) is 0 Å². The van der Waals surface area contributed by atoms with E-state index < -0.39 is 6.10 Å². The molecule has 4 aliphatic rings. The Kier molecular flexibility index (Phi) is 4.67. The molecule has 4 bridgehead atoms. The van der Waals surface area contributed by atoms with Crippen molar-refractivity contribution in [2.24, 2.45) is 23.2 Å². The van der Waals surface area contributed by atoms with E-state index in [4.69, 9.17) is 10.00 Å². The third kappa shape index (κ3) is 3.85. The quantitative estimate of drug-likeness (QED) is 0.798. The molecule has 0 aromatic heterocycles. The lowest BCUT2D eigenvalue weighted by Crippen LogP contribution is -2.47. The number of esters is 1. The number of ether oxygens (including phenoxy) is 1. The van der Waals surface area contributed by atoms with Crippen molar-refractivity contribution in [3.05, 3.63) is 29.8 Å². The number of nitriles is 1. The van der Waals surface area contributed by atoms with Gasteiger partial charge in [0.2, 0.25) is 0 Å². The summed E-state index contributed by atoms with van der Waals surface area (Å²) in [7, 11) is 0. The topological polar surface area (TPSA) is 79.2 Å². The summed E-state index contributed by atoms with van der Waals surface area (Å²) >= 11 is 0. The number of rotatable bonds is 5. The summed E-state index contributed by atoms with van der Waals surface area (Å²) in [5, 5.41) is 11.7. The number of anilines is 1. The van der Waals surface area contributed by atoms with Crippen LogP contribution in [0.4, 0.5) is 5.69 Å². The highest BCUT2D eigenvalue weighted by molar-refractivity contribution is 5.95. The summed E-state index contributed by atoms with van der Waals surface area (Å²) < 4.78 is 5.46. The Hall–Kier alpha value is -2.35. The second kappa shape index (κ2) is 6.99. The summed E-state index contributed by atoms with van der Waals surface area (Å²) in [6, 6.07) is 8.73. The van der Waals surface area contributed by atoms with Crippen LogP contribution in [-0.4, -0.2) is 18.0 Å². The number of nitrogens with zero attached hydrogens (tertiary/aromatic N) is 1. The van der Waals surface area contributed by atoms with E-state index in [1.807, 2.05) is 6.07 Å². The second-order valence-corrected chi connectivity index (χ2v) is 8.91. The molecule has 0 heterocycles. The van der Waals surface area contributed by atoms with Gasteiger partial charge in [-0.25, -0.2) is 0 Å². The molecule has 1 aromatic rings. The monoisotopic (exact) mass is 366 g/mol. The zero-order chi connectivity index (χ0) is 19.0. The van der Waals surface area contributed by atoms with Crippen LogP contribution < -0.4 is 5.32 Å². The maximum absolute atomic E-state index is 12.6. The zero-order valence-electron chi connectivity index (χ0n) is 15.7. The number of hydrogen-bond acceptors (Lipinski definition) is 4. The fourth-order valence-electron chi connectivity index (χ4n) is 6.02. The normalized spacial score (nSPS) is 31.8. The van der Waals surface area contributed by atoms with Crippen molar-refractivity contribution in [1.82, 2.24) is 0 Å². The standard InChI is InChI=1S/C22H26N2O3/c1-14(21(26)24-19-4-2-3-15(8-19)13-23)27-20(25)12-22-9-16-5-17(10-22)7-18(6-16)11-22/h2-4,8,14,16-18H,5-7,9-12H2,1H3,(H,24,26)/t14-,16?,17?,18?,22?/m0/s1. The SMILES string of the molecule is C[C@H](OC(=O)CC12CC3CC(CC(C3)C1)C2)C(=O)Nc1cccc(C#N)c1. The summed E-state index contributed by atoms with van der Waals surface area (Å²) in [4.78, 5) is 24.9. The third-order valence-corrected chi connectivity index (χ3v) is 6.62. The first-order valence-electron chi connectivity index (χ1n) is 9.95. The molecule has 5 heteroatoms. The van der Waals surface area contributed by atoms with E-state index in [0.29, 0.717) is 17.7 Å². The van der Waals surface area contributed by atoms with E-state index in [1.54, 1.807) is 31.2 Å². The predicted molar refractivity (Wildman–Crippen MR) is 101 cm³/mol. The van der Waals surface area contributed by atoms with E-state index >= 15 is 0 Å². The van der Waals surface area contributed by atoms with Crippen LogP contribution in [0.1, 0.15) is 57.4 Å². The Bertz CT molecular complexity index is 760. The van der Waals surface area contributed by atoms with Crippen LogP contribution in [0.15, 0.2) is 24.3 Å². The van der Waals surface area contributed by atoms with Crippen LogP contribution in [0.2, 0.25) is 0 Å². The van der Waals surface area contributed by atoms with Crippen LogP contribution in [-0.2, 0) is 14.3 Å². The second-order valence-electron chi connectivity index (χ2n) is 8.91. The highest BCUT2D eigenvalue weighted by Crippen LogP contribution is 2.61. The van der Waals surface area contributed by atoms with Gasteiger partial charge in [-0.1, -0.05) is 6.07 Å².